The maximum atomic E-state index is 13.1. The largest absolute Gasteiger partial charge is 0.469 e. The van der Waals surface area contributed by atoms with Gasteiger partial charge in [-0.15, -0.1) is 0 Å². The van der Waals surface area contributed by atoms with Crippen LogP contribution in [-0.4, -0.2) is 79.1 Å². The first-order valence-electron chi connectivity index (χ1n) is 15.4. The van der Waals surface area contributed by atoms with Gasteiger partial charge in [0.2, 0.25) is 11.8 Å². The van der Waals surface area contributed by atoms with Gasteiger partial charge >= 0.3 is 18.2 Å². The zero-order chi connectivity index (χ0) is 32.5. The second-order valence-corrected chi connectivity index (χ2v) is 12.8. The highest BCUT2D eigenvalue weighted by atomic mass is 19.4. The fraction of sp³-hybridized carbons (Fsp3) is 0.688. The molecule has 2 saturated heterocycles. The van der Waals surface area contributed by atoms with Crippen molar-refractivity contribution in [1.82, 2.24) is 15.1 Å². The minimum Gasteiger partial charge on any atom is -0.469 e. The molecular formula is C32H46F3N3O6. The van der Waals surface area contributed by atoms with Gasteiger partial charge in [0.25, 0.3) is 0 Å². The Morgan fingerprint density at radius 3 is 2.36 bits per heavy atom. The van der Waals surface area contributed by atoms with Gasteiger partial charge in [0.1, 0.15) is 5.60 Å². The van der Waals surface area contributed by atoms with Gasteiger partial charge in [0.05, 0.1) is 24.5 Å². The zero-order valence-electron chi connectivity index (χ0n) is 26.2. The number of piperidine rings is 2. The van der Waals surface area contributed by atoms with Crippen LogP contribution in [0.2, 0.25) is 0 Å². The van der Waals surface area contributed by atoms with Gasteiger partial charge < -0.3 is 24.6 Å². The number of carbonyl (C=O) groups excluding carboxylic acids is 4. The number of likely N-dealkylation sites (tertiary alicyclic amines) is 2. The van der Waals surface area contributed by atoms with Crippen molar-refractivity contribution in [2.45, 2.75) is 83.9 Å². The number of benzene rings is 1. The normalized spacial score (nSPS) is 18.8. The van der Waals surface area contributed by atoms with Crippen molar-refractivity contribution < 1.29 is 41.8 Å². The summed E-state index contributed by atoms with van der Waals surface area (Å²) in [7, 11) is 1.23. The third-order valence-corrected chi connectivity index (χ3v) is 8.27. The molecule has 2 aliphatic heterocycles. The number of nitrogens with one attached hydrogen (secondary N) is 1. The lowest BCUT2D eigenvalue weighted by atomic mass is 9.91. The number of carbonyl (C=O) groups is 4. The number of ether oxygens (including phenoxy) is 2. The third-order valence-electron chi connectivity index (χ3n) is 8.27. The maximum Gasteiger partial charge on any atom is 0.416 e. The molecule has 1 aromatic rings. The molecule has 0 aliphatic carbocycles. The molecule has 44 heavy (non-hydrogen) atoms. The Balaban J connectivity index is 1.43. The van der Waals surface area contributed by atoms with Crippen molar-refractivity contribution in [2.75, 3.05) is 39.8 Å². The summed E-state index contributed by atoms with van der Waals surface area (Å²) < 4.78 is 49.5. The van der Waals surface area contributed by atoms with Crippen molar-refractivity contribution in [1.29, 1.82) is 0 Å². The van der Waals surface area contributed by atoms with Crippen LogP contribution in [0.25, 0.3) is 0 Å². The Hall–Kier alpha value is -3.31. The van der Waals surface area contributed by atoms with Gasteiger partial charge in [-0.2, -0.15) is 13.2 Å². The lowest BCUT2D eigenvalue weighted by Crippen LogP contribution is -2.46. The lowest BCUT2D eigenvalue weighted by Gasteiger charge is -2.34. The van der Waals surface area contributed by atoms with E-state index in [1.165, 1.54) is 13.2 Å². The summed E-state index contributed by atoms with van der Waals surface area (Å²) in [6.07, 6.45) is -0.308. The van der Waals surface area contributed by atoms with Gasteiger partial charge in [-0.25, -0.2) is 4.79 Å². The fourth-order valence-corrected chi connectivity index (χ4v) is 5.72. The van der Waals surface area contributed by atoms with E-state index >= 15 is 0 Å². The van der Waals surface area contributed by atoms with Crippen molar-refractivity contribution in [3.63, 3.8) is 0 Å². The molecule has 2 atom stereocenters. The molecule has 2 aliphatic rings. The standard InChI is InChI=1S/C32H46F3N3O6/c1-31(2,3)44-30(42)37-17-14-22(15-18-37)11-13-27(39)38-16-6-8-25(21-38)28(40)36-20-24(29(41)43-4)12-10-23-7-5-9-26(19-23)32(33,34)35/h5,7,9,19,22,24-25H,6,8,10-18,20-21H2,1-4H3,(H,36,40)/t24-,25-/m1/s1. The Morgan fingerprint density at radius 2 is 1.73 bits per heavy atom. The highest BCUT2D eigenvalue weighted by Crippen LogP contribution is 2.30. The summed E-state index contributed by atoms with van der Waals surface area (Å²) >= 11 is 0. The maximum absolute atomic E-state index is 13.1. The number of halogens is 3. The topological polar surface area (TPSA) is 105 Å². The van der Waals surface area contributed by atoms with E-state index in [1.807, 2.05) is 20.8 Å². The van der Waals surface area contributed by atoms with Crippen molar-refractivity contribution in [3.8, 4) is 0 Å². The second kappa shape index (κ2) is 15.6. The summed E-state index contributed by atoms with van der Waals surface area (Å²) in [6.45, 7) is 7.60. The average molecular weight is 626 g/mol. The van der Waals surface area contributed by atoms with Crippen LogP contribution in [0.1, 0.15) is 76.8 Å². The molecular weight excluding hydrogens is 579 g/mol. The SMILES string of the molecule is COC(=O)[C@H](CCc1cccc(C(F)(F)F)c1)CNC(=O)[C@@H]1CCCN(C(=O)CCC2CCN(C(=O)OC(C)(C)C)CC2)C1. The molecule has 0 aromatic heterocycles. The minimum absolute atomic E-state index is 0.00307. The van der Waals surface area contributed by atoms with E-state index in [2.05, 4.69) is 5.32 Å². The Morgan fingerprint density at radius 1 is 1.02 bits per heavy atom. The van der Waals surface area contributed by atoms with Crippen LogP contribution in [0.4, 0.5) is 18.0 Å². The van der Waals surface area contributed by atoms with E-state index in [9.17, 15) is 32.3 Å². The number of alkyl halides is 3. The van der Waals surface area contributed by atoms with Crippen molar-refractivity contribution in [3.05, 3.63) is 35.4 Å². The fourth-order valence-electron chi connectivity index (χ4n) is 5.72. The lowest BCUT2D eigenvalue weighted by molar-refractivity contribution is -0.145. The first-order valence-corrected chi connectivity index (χ1v) is 15.4. The van der Waals surface area contributed by atoms with E-state index in [0.29, 0.717) is 56.9 Å². The number of esters is 1. The second-order valence-electron chi connectivity index (χ2n) is 12.8. The number of aryl methyl sites for hydroxylation is 1. The van der Waals surface area contributed by atoms with Gasteiger partial charge in [-0.05, 0) is 83.3 Å². The molecule has 1 aromatic carbocycles. The number of methoxy groups -OCH3 is 1. The Kier molecular flexibility index (Phi) is 12.5. The number of rotatable bonds is 10. The van der Waals surface area contributed by atoms with Crippen LogP contribution in [0.15, 0.2) is 24.3 Å². The predicted molar refractivity (Wildman–Crippen MR) is 157 cm³/mol. The van der Waals surface area contributed by atoms with Crippen LogP contribution in [0, 0.1) is 17.8 Å². The van der Waals surface area contributed by atoms with E-state index in [1.54, 1.807) is 15.9 Å². The molecule has 12 heteroatoms. The number of hydrogen-bond acceptors (Lipinski definition) is 6. The van der Waals surface area contributed by atoms with E-state index < -0.39 is 35.1 Å². The molecule has 0 bridgehead atoms. The van der Waals surface area contributed by atoms with Crippen LogP contribution < -0.4 is 5.32 Å². The third kappa shape index (κ3) is 11.0. The Bertz CT molecular complexity index is 1140. The molecule has 0 radical (unpaired) electrons. The van der Waals surface area contributed by atoms with Gasteiger partial charge in [-0.1, -0.05) is 18.2 Å². The summed E-state index contributed by atoms with van der Waals surface area (Å²) in [4.78, 5) is 54.1. The van der Waals surface area contributed by atoms with Crippen molar-refractivity contribution >= 4 is 23.9 Å². The van der Waals surface area contributed by atoms with Crippen LogP contribution in [-0.2, 0) is 36.5 Å². The van der Waals surface area contributed by atoms with E-state index in [4.69, 9.17) is 9.47 Å². The highest BCUT2D eigenvalue weighted by Gasteiger charge is 2.32. The summed E-state index contributed by atoms with van der Waals surface area (Å²) in [6, 6.07) is 4.96. The quantitative estimate of drug-likeness (QED) is 0.358. The predicted octanol–water partition coefficient (Wildman–Crippen LogP) is 5.21. The monoisotopic (exact) mass is 625 g/mol. The number of hydrogen-bond donors (Lipinski definition) is 1. The van der Waals surface area contributed by atoms with Crippen LogP contribution >= 0.6 is 0 Å². The number of amides is 3. The zero-order valence-corrected chi connectivity index (χ0v) is 26.2. The molecule has 0 spiro atoms. The molecule has 2 heterocycles. The molecule has 2 fully saturated rings. The average Bonchev–Trinajstić information content (AvgIpc) is 2.98. The summed E-state index contributed by atoms with van der Waals surface area (Å²) in [5.74, 6) is -1.59. The molecule has 1 N–H and O–H groups in total. The van der Waals surface area contributed by atoms with Crippen LogP contribution in [0.5, 0.6) is 0 Å². The number of nitrogens with zero attached hydrogens (tertiary/aromatic N) is 2. The molecule has 3 rings (SSSR count). The van der Waals surface area contributed by atoms with E-state index in [-0.39, 0.29) is 37.3 Å². The van der Waals surface area contributed by atoms with Gasteiger partial charge in [0, 0.05) is 39.1 Å². The first kappa shape index (κ1) is 35.2. The van der Waals surface area contributed by atoms with E-state index in [0.717, 1.165) is 31.4 Å². The molecule has 0 saturated carbocycles. The summed E-state index contributed by atoms with van der Waals surface area (Å²) in [5, 5.41) is 2.81. The Labute approximate surface area is 257 Å². The van der Waals surface area contributed by atoms with Gasteiger partial charge in [-0.3, -0.25) is 14.4 Å². The molecule has 3 amide bonds. The minimum atomic E-state index is -4.46. The van der Waals surface area contributed by atoms with Gasteiger partial charge in [0.15, 0.2) is 0 Å². The highest BCUT2D eigenvalue weighted by molar-refractivity contribution is 5.82. The van der Waals surface area contributed by atoms with Crippen molar-refractivity contribution in [2.24, 2.45) is 17.8 Å². The van der Waals surface area contributed by atoms with Crippen LogP contribution in [0.3, 0.4) is 0 Å². The smallest absolute Gasteiger partial charge is 0.416 e. The summed E-state index contributed by atoms with van der Waals surface area (Å²) in [5.41, 5.74) is -0.851. The molecule has 246 valence electrons. The molecule has 9 nitrogen and oxygen atoms in total. The first-order chi connectivity index (χ1) is 20.7. The molecule has 0 unspecified atom stereocenters.